The molecule has 1 unspecified atom stereocenters. The molecule has 0 heterocycles. The lowest BCUT2D eigenvalue weighted by molar-refractivity contribution is -0.167. The van der Waals surface area contributed by atoms with Crippen LogP contribution in [0, 0.1) is 0 Å². The van der Waals surface area contributed by atoms with E-state index in [9.17, 15) is 14.4 Å². The van der Waals surface area contributed by atoms with Crippen LogP contribution in [0.15, 0.2) is 60.8 Å². The fraction of sp³-hybridized carbons (Fsp3) is 0.829. The molecule has 0 radical (unpaired) electrons. The molecule has 1 atom stereocenters. The molecule has 478 valence electrons. The predicted octanol–water partition coefficient (Wildman–Crippen LogP) is 25.1. The van der Waals surface area contributed by atoms with Crippen LogP contribution in [0.1, 0.15) is 387 Å². The van der Waals surface area contributed by atoms with Crippen LogP contribution in [0.4, 0.5) is 0 Å². The van der Waals surface area contributed by atoms with Gasteiger partial charge >= 0.3 is 17.9 Å². The van der Waals surface area contributed by atoms with E-state index in [0.29, 0.717) is 19.3 Å². The van der Waals surface area contributed by atoms with Crippen LogP contribution in [-0.4, -0.2) is 37.2 Å². The molecule has 0 bridgehead atoms. The van der Waals surface area contributed by atoms with Gasteiger partial charge in [0.2, 0.25) is 0 Å². The summed E-state index contributed by atoms with van der Waals surface area (Å²) in [4.78, 5) is 38.3. The van der Waals surface area contributed by atoms with E-state index in [2.05, 4.69) is 81.5 Å². The van der Waals surface area contributed by atoms with Gasteiger partial charge in [-0.15, -0.1) is 0 Å². The summed E-state index contributed by atoms with van der Waals surface area (Å²) in [7, 11) is 0. The predicted molar refractivity (Wildman–Crippen MR) is 358 cm³/mol. The molecular weight excluding hydrogens is 1010 g/mol. The van der Waals surface area contributed by atoms with Gasteiger partial charge in [-0.3, -0.25) is 14.4 Å². The number of allylic oxidation sites excluding steroid dienone is 10. The van der Waals surface area contributed by atoms with Crippen molar-refractivity contribution in [3.63, 3.8) is 0 Å². The Labute approximate surface area is 510 Å². The molecule has 0 amide bonds. The summed E-state index contributed by atoms with van der Waals surface area (Å²) < 4.78 is 16.9. The SMILES string of the molecule is CC/C=C\C/C=C\C/C=C\C/C=C\CCCCCCCCCCCCC(=O)OC(COC(=O)CCCCCCC/C=C\CCC)COC(=O)CCCCCCCCCCCCCCCCCCCCCCCCCCCCCCCCC. The van der Waals surface area contributed by atoms with Crippen molar-refractivity contribution in [1.29, 1.82) is 0 Å². The van der Waals surface area contributed by atoms with Crippen LogP contribution >= 0.6 is 0 Å². The summed E-state index contributed by atoms with van der Waals surface area (Å²) in [5, 5.41) is 0. The Kier molecular flexibility index (Phi) is 68.1. The minimum atomic E-state index is -0.779. The Morgan fingerprint density at radius 3 is 0.805 bits per heavy atom. The maximum absolute atomic E-state index is 12.9. The molecule has 0 fully saturated rings. The summed E-state index contributed by atoms with van der Waals surface area (Å²) in [5.74, 6) is -0.869. The number of carbonyl (C=O) groups excluding carboxylic acids is 3. The smallest absolute Gasteiger partial charge is 0.306 e. The van der Waals surface area contributed by atoms with Crippen molar-refractivity contribution in [3.8, 4) is 0 Å². The first kappa shape index (κ1) is 79.1. The number of carbonyl (C=O) groups is 3. The van der Waals surface area contributed by atoms with E-state index in [1.807, 2.05) is 0 Å². The van der Waals surface area contributed by atoms with Crippen molar-refractivity contribution in [3.05, 3.63) is 60.8 Å². The molecule has 6 nitrogen and oxygen atoms in total. The summed E-state index contributed by atoms with van der Waals surface area (Å²) in [5.41, 5.74) is 0. The van der Waals surface area contributed by atoms with Gasteiger partial charge in [-0.25, -0.2) is 0 Å². The van der Waals surface area contributed by atoms with Crippen LogP contribution in [0.5, 0.6) is 0 Å². The molecule has 0 aromatic heterocycles. The number of hydrogen-bond acceptors (Lipinski definition) is 6. The minimum Gasteiger partial charge on any atom is -0.462 e. The van der Waals surface area contributed by atoms with Crippen molar-refractivity contribution in [2.24, 2.45) is 0 Å². The highest BCUT2D eigenvalue weighted by molar-refractivity contribution is 5.71. The molecule has 0 N–H and O–H groups in total. The third-order valence-electron chi connectivity index (χ3n) is 16.2. The van der Waals surface area contributed by atoms with Gasteiger partial charge < -0.3 is 14.2 Å². The summed E-state index contributed by atoms with van der Waals surface area (Å²) in [6.45, 7) is 6.52. The highest BCUT2D eigenvalue weighted by Crippen LogP contribution is 2.19. The van der Waals surface area contributed by atoms with E-state index < -0.39 is 6.10 Å². The van der Waals surface area contributed by atoms with Crippen molar-refractivity contribution in [2.75, 3.05) is 13.2 Å². The average Bonchev–Trinajstić information content (AvgIpc) is 3.47. The maximum Gasteiger partial charge on any atom is 0.306 e. The average molecular weight is 1150 g/mol. The van der Waals surface area contributed by atoms with Gasteiger partial charge in [0.15, 0.2) is 6.10 Å². The highest BCUT2D eigenvalue weighted by atomic mass is 16.6. The van der Waals surface area contributed by atoms with Crippen molar-refractivity contribution < 1.29 is 28.6 Å². The Morgan fingerprint density at radius 1 is 0.256 bits per heavy atom. The van der Waals surface area contributed by atoms with Crippen LogP contribution in [0.3, 0.4) is 0 Å². The van der Waals surface area contributed by atoms with Crippen molar-refractivity contribution in [2.45, 2.75) is 393 Å². The van der Waals surface area contributed by atoms with E-state index in [1.54, 1.807) is 0 Å². The quantitative estimate of drug-likeness (QED) is 0.0261. The van der Waals surface area contributed by atoms with Gasteiger partial charge in [0, 0.05) is 19.3 Å². The third-order valence-corrected chi connectivity index (χ3v) is 16.2. The first-order chi connectivity index (χ1) is 40.5. The fourth-order valence-electron chi connectivity index (χ4n) is 10.9. The topological polar surface area (TPSA) is 78.9 Å². The molecule has 0 aromatic carbocycles. The number of unbranched alkanes of at least 4 members (excludes halogenated alkanes) is 46. The molecule has 6 heteroatoms. The second-order valence-corrected chi connectivity index (χ2v) is 24.5. The molecule has 0 aliphatic carbocycles. The summed E-state index contributed by atoms with van der Waals surface area (Å²) >= 11 is 0. The van der Waals surface area contributed by atoms with Gasteiger partial charge in [0.25, 0.3) is 0 Å². The summed E-state index contributed by atoms with van der Waals surface area (Å²) in [6, 6.07) is 0. The lowest BCUT2D eigenvalue weighted by atomic mass is 10.0. The summed E-state index contributed by atoms with van der Waals surface area (Å²) in [6.07, 6.45) is 91.4. The molecular formula is C76H138O6. The van der Waals surface area contributed by atoms with Gasteiger partial charge in [-0.1, -0.05) is 351 Å². The Bertz CT molecular complexity index is 1460. The van der Waals surface area contributed by atoms with Crippen LogP contribution in [0.2, 0.25) is 0 Å². The van der Waals surface area contributed by atoms with E-state index in [-0.39, 0.29) is 31.1 Å². The highest BCUT2D eigenvalue weighted by Gasteiger charge is 2.19. The first-order valence-electron chi connectivity index (χ1n) is 36.3. The largest absolute Gasteiger partial charge is 0.462 e. The van der Waals surface area contributed by atoms with E-state index in [4.69, 9.17) is 14.2 Å². The van der Waals surface area contributed by atoms with Gasteiger partial charge in [0.05, 0.1) is 0 Å². The lowest BCUT2D eigenvalue weighted by Gasteiger charge is -2.18. The van der Waals surface area contributed by atoms with Crippen LogP contribution in [-0.2, 0) is 28.6 Å². The lowest BCUT2D eigenvalue weighted by Crippen LogP contribution is -2.30. The Morgan fingerprint density at radius 2 is 0.500 bits per heavy atom. The zero-order chi connectivity index (χ0) is 59.2. The standard InChI is InChI=1S/C76H138O6/c1-4-7-10-13-16-19-22-24-26-28-30-32-34-35-36-37-38-39-40-41-43-44-46-48-50-52-54-57-60-63-66-69-75(78)81-72-73(71-80-74(77)68-65-62-59-56-21-18-15-12-9-6-3)82-76(79)70-67-64-61-58-55-53-51-49-47-45-42-33-31-29-27-25-23-20-17-14-11-8-5-2/h8,11-12,15,17,20,25,27,31,33,73H,4-7,9-10,13-14,16,18-19,21-24,26,28-30,32,34-72H2,1-3H3/b11-8-,15-12-,20-17-,27-25-,33-31-. The van der Waals surface area contributed by atoms with Gasteiger partial charge in [-0.05, 0) is 77.0 Å². The zero-order valence-corrected chi connectivity index (χ0v) is 55.0. The van der Waals surface area contributed by atoms with E-state index in [0.717, 1.165) is 96.3 Å². The monoisotopic (exact) mass is 1150 g/mol. The Balaban J connectivity index is 4.10. The van der Waals surface area contributed by atoms with Crippen LogP contribution < -0.4 is 0 Å². The van der Waals surface area contributed by atoms with Crippen molar-refractivity contribution in [1.82, 2.24) is 0 Å². The number of hydrogen-bond donors (Lipinski definition) is 0. The number of ether oxygens (including phenoxy) is 3. The third kappa shape index (κ3) is 67.9. The molecule has 82 heavy (non-hydrogen) atoms. The molecule has 0 aliphatic rings. The fourth-order valence-corrected chi connectivity index (χ4v) is 10.9. The maximum atomic E-state index is 12.9. The molecule has 0 aromatic rings. The second-order valence-electron chi connectivity index (χ2n) is 24.5. The zero-order valence-electron chi connectivity index (χ0n) is 55.0. The molecule has 0 saturated heterocycles. The normalized spacial score (nSPS) is 12.4. The molecule has 0 spiro atoms. The molecule has 0 aliphatic heterocycles. The molecule has 0 rings (SSSR count). The van der Waals surface area contributed by atoms with Crippen LogP contribution in [0.25, 0.3) is 0 Å². The van der Waals surface area contributed by atoms with Crippen molar-refractivity contribution >= 4 is 17.9 Å². The number of rotatable bonds is 67. The second kappa shape index (κ2) is 70.6. The van der Waals surface area contributed by atoms with Gasteiger partial charge in [-0.2, -0.15) is 0 Å². The molecule has 0 saturated carbocycles. The number of esters is 3. The van der Waals surface area contributed by atoms with E-state index in [1.165, 1.54) is 250 Å². The first-order valence-corrected chi connectivity index (χ1v) is 36.3. The van der Waals surface area contributed by atoms with Gasteiger partial charge in [0.1, 0.15) is 13.2 Å². The minimum absolute atomic E-state index is 0.0748. The Hall–Kier alpha value is -2.89. The van der Waals surface area contributed by atoms with E-state index >= 15 is 0 Å².